The molecule has 0 aromatic heterocycles. The fourth-order valence-corrected chi connectivity index (χ4v) is 2.00. The lowest BCUT2D eigenvalue weighted by Crippen LogP contribution is -2.34. The molecule has 0 heterocycles. The maximum Gasteiger partial charge on any atom is 0.306 e. The van der Waals surface area contributed by atoms with Crippen LogP contribution in [0.4, 0.5) is 0 Å². The molecule has 0 aliphatic rings. The fraction of sp³-hybridized carbons (Fsp3) is 0.467. The van der Waals surface area contributed by atoms with Crippen molar-refractivity contribution in [2.24, 2.45) is 0 Å². The molecule has 116 valence electrons. The molecule has 0 saturated heterocycles. The Morgan fingerprint density at radius 1 is 1.43 bits per heavy atom. The second kappa shape index (κ2) is 8.64. The summed E-state index contributed by atoms with van der Waals surface area (Å²) in [5.41, 5.74) is 2.00. The average Bonchev–Trinajstić information content (AvgIpc) is 2.44. The summed E-state index contributed by atoms with van der Waals surface area (Å²) in [6.45, 7) is 2.11. The highest BCUT2D eigenvalue weighted by Gasteiger charge is 2.13. The number of carbonyl (C=O) groups excluding carboxylic acids is 1. The van der Waals surface area contributed by atoms with Crippen LogP contribution in [-0.4, -0.2) is 36.7 Å². The maximum atomic E-state index is 11.7. The molecule has 0 saturated carbocycles. The highest BCUT2D eigenvalue weighted by molar-refractivity contribution is 6.31. The molecule has 1 rings (SSSR count). The number of ether oxygens (including phenoxy) is 1. The topological polar surface area (TPSA) is 75.6 Å². The molecule has 1 atom stereocenters. The van der Waals surface area contributed by atoms with E-state index in [1.165, 1.54) is 7.11 Å². The first-order valence-corrected chi connectivity index (χ1v) is 7.06. The van der Waals surface area contributed by atoms with Crippen LogP contribution in [0.15, 0.2) is 18.2 Å². The summed E-state index contributed by atoms with van der Waals surface area (Å²) in [6.07, 6.45) is 0.260. The van der Waals surface area contributed by atoms with Crippen LogP contribution in [0.25, 0.3) is 0 Å². The Labute approximate surface area is 129 Å². The third kappa shape index (κ3) is 6.60. The van der Waals surface area contributed by atoms with Gasteiger partial charge >= 0.3 is 5.97 Å². The number of carboxylic acids is 1. The van der Waals surface area contributed by atoms with E-state index >= 15 is 0 Å². The predicted molar refractivity (Wildman–Crippen MR) is 80.6 cm³/mol. The molecule has 0 aliphatic heterocycles. The zero-order valence-electron chi connectivity index (χ0n) is 12.2. The molecule has 1 aromatic rings. The van der Waals surface area contributed by atoms with Crippen molar-refractivity contribution >= 4 is 23.5 Å². The second-order valence-electron chi connectivity index (χ2n) is 4.84. The highest BCUT2D eigenvalue weighted by Crippen LogP contribution is 2.17. The van der Waals surface area contributed by atoms with Crippen LogP contribution in [0.3, 0.4) is 0 Å². The number of aryl methyl sites for hydroxylation is 2. The first kappa shape index (κ1) is 17.5. The van der Waals surface area contributed by atoms with Gasteiger partial charge in [0, 0.05) is 25.1 Å². The van der Waals surface area contributed by atoms with Crippen molar-refractivity contribution in [1.29, 1.82) is 0 Å². The molecule has 2 N–H and O–H groups in total. The van der Waals surface area contributed by atoms with Gasteiger partial charge in [-0.05, 0) is 30.5 Å². The van der Waals surface area contributed by atoms with Gasteiger partial charge < -0.3 is 15.2 Å². The number of aliphatic carboxylic acids is 1. The normalized spacial score (nSPS) is 12.0. The Balaban J connectivity index is 2.36. The standard InChI is InChI=1S/C15H20ClNO4/c1-10-3-4-11(7-13(10)16)5-6-14(18)17-9-12(21-2)8-15(19)20/h3-4,7,12H,5-6,8-9H2,1-2H3,(H,17,18)(H,19,20). The third-order valence-electron chi connectivity index (χ3n) is 3.14. The van der Waals surface area contributed by atoms with Crippen molar-refractivity contribution in [3.8, 4) is 0 Å². The number of methoxy groups -OCH3 is 1. The summed E-state index contributed by atoms with van der Waals surface area (Å²) in [4.78, 5) is 22.3. The summed E-state index contributed by atoms with van der Waals surface area (Å²) >= 11 is 6.03. The summed E-state index contributed by atoms with van der Waals surface area (Å²) < 4.78 is 4.99. The van der Waals surface area contributed by atoms with Crippen molar-refractivity contribution < 1.29 is 19.4 Å². The Kier molecular flexibility index (Phi) is 7.19. The Morgan fingerprint density at radius 2 is 2.14 bits per heavy atom. The van der Waals surface area contributed by atoms with E-state index in [0.717, 1.165) is 11.1 Å². The molecular weight excluding hydrogens is 294 g/mol. The van der Waals surface area contributed by atoms with Gasteiger partial charge in [0.05, 0.1) is 12.5 Å². The number of rotatable bonds is 8. The van der Waals surface area contributed by atoms with Crippen LogP contribution < -0.4 is 5.32 Å². The Bertz CT molecular complexity index is 504. The zero-order chi connectivity index (χ0) is 15.8. The van der Waals surface area contributed by atoms with Crippen LogP contribution >= 0.6 is 11.6 Å². The molecule has 6 heteroatoms. The van der Waals surface area contributed by atoms with Gasteiger partial charge in [-0.25, -0.2) is 0 Å². The van der Waals surface area contributed by atoms with Crippen molar-refractivity contribution in [3.63, 3.8) is 0 Å². The van der Waals surface area contributed by atoms with Crippen molar-refractivity contribution in [1.82, 2.24) is 5.32 Å². The quantitative estimate of drug-likeness (QED) is 0.771. The van der Waals surface area contributed by atoms with E-state index in [1.54, 1.807) is 0 Å². The lowest BCUT2D eigenvalue weighted by atomic mass is 10.1. The van der Waals surface area contributed by atoms with E-state index in [1.807, 2.05) is 25.1 Å². The minimum Gasteiger partial charge on any atom is -0.481 e. The van der Waals surface area contributed by atoms with Crippen LogP contribution in [0, 0.1) is 6.92 Å². The van der Waals surface area contributed by atoms with Crippen LogP contribution in [0.5, 0.6) is 0 Å². The number of carbonyl (C=O) groups is 2. The number of amides is 1. The fourth-order valence-electron chi connectivity index (χ4n) is 1.80. The monoisotopic (exact) mass is 313 g/mol. The molecule has 1 unspecified atom stereocenters. The molecule has 1 amide bonds. The molecule has 0 spiro atoms. The number of carboxylic acid groups (broad SMARTS) is 1. The lowest BCUT2D eigenvalue weighted by molar-refractivity contribution is -0.140. The molecular formula is C15H20ClNO4. The van der Waals surface area contributed by atoms with E-state index < -0.39 is 12.1 Å². The van der Waals surface area contributed by atoms with Crippen molar-refractivity contribution in [3.05, 3.63) is 34.3 Å². The molecule has 0 aliphatic carbocycles. The van der Waals surface area contributed by atoms with E-state index in [-0.39, 0.29) is 18.9 Å². The first-order chi connectivity index (χ1) is 9.92. The minimum atomic E-state index is -0.953. The van der Waals surface area contributed by atoms with Gasteiger partial charge in [0.25, 0.3) is 0 Å². The van der Waals surface area contributed by atoms with Crippen LogP contribution in [-0.2, 0) is 20.7 Å². The van der Waals surface area contributed by atoms with Crippen LogP contribution in [0.1, 0.15) is 24.0 Å². The maximum absolute atomic E-state index is 11.7. The van der Waals surface area contributed by atoms with Gasteiger partial charge in [-0.15, -0.1) is 0 Å². The SMILES string of the molecule is COC(CNC(=O)CCc1ccc(C)c(Cl)c1)CC(=O)O. The molecule has 0 fully saturated rings. The van der Waals surface area contributed by atoms with E-state index in [0.29, 0.717) is 17.9 Å². The second-order valence-corrected chi connectivity index (χ2v) is 5.25. The molecule has 0 radical (unpaired) electrons. The molecule has 1 aromatic carbocycles. The third-order valence-corrected chi connectivity index (χ3v) is 3.55. The number of halogens is 1. The number of nitrogens with one attached hydrogen (secondary N) is 1. The Morgan fingerprint density at radius 3 is 2.71 bits per heavy atom. The molecule has 21 heavy (non-hydrogen) atoms. The van der Waals surface area contributed by atoms with Gasteiger partial charge in [-0.3, -0.25) is 9.59 Å². The van der Waals surface area contributed by atoms with Gasteiger partial charge in [0.1, 0.15) is 0 Å². The van der Waals surface area contributed by atoms with Gasteiger partial charge in [-0.1, -0.05) is 23.7 Å². The first-order valence-electron chi connectivity index (χ1n) is 6.68. The molecule has 5 nitrogen and oxygen atoms in total. The van der Waals surface area contributed by atoms with Gasteiger partial charge in [-0.2, -0.15) is 0 Å². The zero-order valence-corrected chi connectivity index (χ0v) is 12.9. The van der Waals surface area contributed by atoms with Gasteiger partial charge in [0.2, 0.25) is 5.91 Å². The number of benzene rings is 1. The minimum absolute atomic E-state index is 0.135. The number of hydrogen-bond donors (Lipinski definition) is 2. The van der Waals surface area contributed by atoms with Crippen LogP contribution in [0.2, 0.25) is 5.02 Å². The van der Waals surface area contributed by atoms with Gasteiger partial charge in [0.15, 0.2) is 0 Å². The number of hydrogen-bond acceptors (Lipinski definition) is 3. The highest BCUT2D eigenvalue weighted by atomic mass is 35.5. The van der Waals surface area contributed by atoms with E-state index in [4.69, 9.17) is 21.4 Å². The summed E-state index contributed by atoms with van der Waals surface area (Å²) in [7, 11) is 1.42. The van der Waals surface area contributed by atoms with Crippen molar-refractivity contribution in [2.75, 3.05) is 13.7 Å². The predicted octanol–water partition coefficient (Wildman–Crippen LogP) is 2.19. The Hall–Kier alpha value is -1.59. The molecule has 0 bridgehead atoms. The largest absolute Gasteiger partial charge is 0.481 e. The summed E-state index contributed by atoms with van der Waals surface area (Å²) in [6, 6.07) is 5.72. The van der Waals surface area contributed by atoms with E-state index in [2.05, 4.69) is 5.32 Å². The van der Waals surface area contributed by atoms with Crippen molar-refractivity contribution in [2.45, 2.75) is 32.3 Å². The average molecular weight is 314 g/mol. The summed E-state index contributed by atoms with van der Waals surface area (Å²) in [5.74, 6) is -1.09. The summed E-state index contributed by atoms with van der Waals surface area (Å²) in [5, 5.41) is 12.0. The smallest absolute Gasteiger partial charge is 0.306 e. The van der Waals surface area contributed by atoms with E-state index in [9.17, 15) is 9.59 Å². The lowest BCUT2D eigenvalue weighted by Gasteiger charge is -2.14.